The molecule has 4 aromatic rings. The van der Waals surface area contributed by atoms with Crippen LogP contribution in [0.1, 0.15) is 46.1 Å². The topological polar surface area (TPSA) is 87.5 Å². The lowest BCUT2D eigenvalue weighted by atomic mass is 10.0. The van der Waals surface area contributed by atoms with Gasteiger partial charge in [0.15, 0.2) is 0 Å². The van der Waals surface area contributed by atoms with E-state index >= 15 is 0 Å². The minimum Gasteiger partial charge on any atom is -0.387 e. The second-order valence-electron chi connectivity index (χ2n) is 10.1. The number of hydrogen-bond acceptors (Lipinski definition) is 5. The van der Waals surface area contributed by atoms with Gasteiger partial charge in [-0.25, -0.2) is 4.98 Å². The third-order valence-electron chi connectivity index (χ3n) is 7.43. The number of hydrogen-bond donors (Lipinski definition) is 2. The second kappa shape index (κ2) is 11.1. The summed E-state index contributed by atoms with van der Waals surface area (Å²) in [6.07, 6.45) is 3.62. The highest BCUT2D eigenvalue weighted by molar-refractivity contribution is 6.29. The van der Waals surface area contributed by atoms with Crippen molar-refractivity contribution in [1.29, 1.82) is 0 Å². The maximum absolute atomic E-state index is 13.1. The van der Waals surface area contributed by atoms with Crippen LogP contribution in [-0.2, 0) is 20.0 Å². The number of aromatic nitrogens is 2. The lowest BCUT2D eigenvalue weighted by Gasteiger charge is -2.21. The predicted octanol–water partition coefficient (Wildman–Crippen LogP) is 4.26. The Balaban J connectivity index is 1.19. The number of carbonyl (C=O) groups excluding carboxylic acids is 1. The van der Waals surface area contributed by atoms with Gasteiger partial charge in [0.1, 0.15) is 5.15 Å². The van der Waals surface area contributed by atoms with E-state index in [1.54, 1.807) is 41.9 Å². The Labute approximate surface area is 226 Å². The molecule has 2 aromatic carbocycles. The Morgan fingerprint density at radius 2 is 1.92 bits per heavy atom. The van der Waals surface area contributed by atoms with Crippen LogP contribution >= 0.6 is 11.6 Å². The fraction of sp³-hybridized carbons (Fsp3) is 0.300. The minimum absolute atomic E-state index is 0.0384. The van der Waals surface area contributed by atoms with E-state index in [2.05, 4.69) is 10.3 Å². The maximum Gasteiger partial charge on any atom is 0.258 e. The van der Waals surface area contributed by atoms with Gasteiger partial charge in [-0.3, -0.25) is 9.59 Å². The summed E-state index contributed by atoms with van der Waals surface area (Å²) < 4.78 is 1.61. The van der Waals surface area contributed by atoms with Crippen LogP contribution < -0.4 is 10.9 Å². The zero-order valence-electron chi connectivity index (χ0n) is 21.5. The quantitative estimate of drug-likeness (QED) is 0.349. The highest BCUT2D eigenvalue weighted by atomic mass is 35.5. The lowest BCUT2D eigenvalue weighted by Crippen LogP contribution is -2.35. The van der Waals surface area contributed by atoms with E-state index in [1.807, 2.05) is 54.6 Å². The Bertz CT molecular complexity index is 1500. The molecule has 0 unspecified atom stereocenters. The molecule has 2 N–H and O–H groups in total. The molecule has 3 heterocycles. The van der Waals surface area contributed by atoms with Crippen LogP contribution in [0, 0.1) is 0 Å². The molecule has 8 heteroatoms. The summed E-state index contributed by atoms with van der Waals surface area (Å²) in [5.74, 6) is -0.101. The number of carbonyl (C=O) groups is 1. The van der Waals surface area contributed by atoms with Crippen molar-refractivity contribution >= 4 is 28.3 Å². The molecular formula is C30H31ClN4O3. The average Bonchev–Trinajstić information content (AvgIpc) is 3.40. The first-order valence-electron chi connectivity index (χ1n) is 12.8. The summed E-state index contributed by atoms with van der Waals surface area (Å²) in [5, 5.41) is 16.2. The number of nitrogens with one attached hydrogen (secondary N) is 1. The molecule has 5 rings (SSSR count). The molecule has 1 saturated heterocycles. The van der Waals surface area contributed by atoms with Gasteiger partial charge in [-0.05, 0) is 60.5 Å². The van der Waals surface area contributed by atoms with Crippen LogP contribution in [0.15, 0.2) is 77.7 Å². The van der Waals surface area contributed by atoms with Gasteiger partial charge < -0.3 is 19.9 Å². The molecule has 0 aliphatic carbocycles. The number of halogens is 1. The van der Waals surface area contributed by atoms with Gasteiger partial charge in [-0.15, -0.1) is 0 Å². The monoisotopic (exact) mass is 530 g/mol. The standard InChI is InChI=1S/C30H31ClN4O3/c1-34(18-24-16-21-5-3-4-6-25(21)30(38)35(24)2)29(37)20-9-7-19(8-10-20)15-23-12-13-26(33-23)28(36)22-11-14-27(31)32-17-22/h3-11,14,16-17,23,26,28,33,36H,12-13,15,18H2,1-2H3/t23-,26+,28+/m0/s1. The third kappa shape index (κ3) is 5.50. The van der Waals surface area contributed by atoms with Crippen molar-refractivity contribution in [1.82, 2.24) is 19.8 Å². The first kappa shape index (κ1) is 26.1. The number of amides is 1. The van der Waals surface area contributed by atoms with Crippen molar-refractivity contribution in [3.8, 4) is 0 Å². The van der Waals surface area contributed by atoms with Crippen molar-refractivity contribution in [2.24, 2.45) is 7.05 Å². The first-order valence-corrected chi connectivity index (χ1v) is 13.2. The molecule has 38 heavy (non-hydrogen) atoms. The molecule has 1 aliphatic heterocycles. The van der Waals surface area contributed by atoms with Crippen molar-refractivity contribution in [2.75, 3.05) is 7.05 Å². The summed E-state index contributed by atoms with van der Waals surface area (Å²) >= 11 is 5.86. The van der Waals surface area contributed by atoms with Crippen LogP contribution in [0.4, 0.5) is 0 Å². The van der Waals surface area contributed by atoms with Gasteiger partial charge >= 0.3 is 0 Å². The number of nitrogens with zero attached hydrogens (tertiary/aromatic N) is 3. The number of aliphatic hydroxyl groups excluding tert-OH is 1. The van der Waals surface area contributed by atoms with Crippen LogP contribution in [0.25, 0.3) is 10.8 Å². The highest BCUT2D eigenvalue weighted by Gasteiger charge is 2.30. The second-order valence-corrected chi connectivity index (χ2v) is 10.4. The molecule has 1 aliphatic rings. The summed E-state index contributed by atoms with van der Waals surface area (Å²) in [6.45, 7) is 0.329. The van der Waals surface area contributed by atoms with Crippen molar-refractivity contribution in [3.63, 3.8) is 0 Å². The van der Waals surface area contributed by atoms with E-state index in [0.717, 1.165) is 41.5 Å². The molecule has 1 fully saturated rings. The largest absolute Gasteiger partial charge is 0.387 e. The van der Waals surface area contributed by atoms with E-state index in [9.17, 15) is 14.7 Å². The number of pyridine rings is 2. The molecule has 0 saturated carbocycles. The molecule has 3 atom stereocenters. The summed E-state index contributed by atoms with van der Waals surface area (Å²) in [5.41, 5.74) is 3.19. The molecule has 0 bridgehead atoms. The minimum atomic E-state index is -0.637. The van der Waals surface area contributed by atoms with Gasteiger partial charge in [-0.2, -0.15) is 0 Å². The predicted molar refractivity (Wildman–Crippen MR) is 149 cm³/mol. The van der Waals surface area contributed by atoms with Gasteiger partial charge in [0, 0.05) is 54.6 Å². The molecule has 7 nitrogen and oxygen atoms in total. The summed E-state index contributed by atoms with van der Waals surface area (Å²) in [6, 6.07) is 20.8. The number of benzene rings is 2. The smallest absolute Gasteiger partial charge is 0.258 e. The zero-order valence-corrected chi connectivity index (χ0v) is 22.2. The Kier molecular flexibility index (Phi) is 7.61. The SMILES string of the molecule is CN(Cc1cc2ccccc2c(=O)n1C)C(=O)c1ccc(C[C@@H]2CC[C@H]([C@H](O)c3ccc(Cl)nc3)N2)cc1. The van der Waals surface area contributed by atoms with E-state index in [1.165, 1.54) is 0 Å². The lowest BCUT2D eigenvalue weighted by molar-refractivity contribution is 0.0782. The van der Waals surface area contributed by atoms with Crippen LogP contribution in [-0.4, -0.2) is 44.6 Å². The van der Waals surface area contributed by atoms with Crippen LogP contribution in [0.2, 0.25) is 5.15 Å². The van der Waals surface area contributed by atoms with Crippen LogP contribution in [0.3, 0.4) is 0 Å². The molecular weight excluding hydrogens is 500 g/mol. The van der Waals surface area contributed by atoms with Crippen molar-refractivity contribution in [3.05, 3.63) is 111 Å². The number of fused-ring (bicyclic) bond motifs is 1. The fourth-order valence-corrected chi connectivity index (χ4v) is 5.33. The summed E-state index contributed by atoms with van der Waals surface area (Å²) in [4.78, 5) is 31.5. The Hall–Kier alpha value is -3.52. The van der Waals surface area contributed by atoms with Crippen LogP contribution in [0.5, 0.6) is 0 Å². The first-order chi connectivity index (χ1) is 18.3. The van der Waals surface area contributed by atoms with E-state index in [-0.39, 0.29) is 23.6 Å². The average molecular weight is 531 g/mol. The number of aliphatic hydroxyl groups is 1. The normalized spacial score (nSPS) is 18.0. The van der Waals surface area contributed by atoms with Gasteiger partial charge in [0.2, 0.25) is 0 Å². The van der Waals surface area contributed by atoms with E-state index < -0.39 is 6.10 Å². The fourth-order valence-electron chi connectivity index (χ4n) is 5.21. The van der Waals surface area contributed by atoms with Gasteiger partial charge in [0.05, 0.1) is 12.6 Å². The maximum atomic E-state index is 13.1. The molecule has 0 spiro atoms. The van der Waals surface area contributed by atoms with E-state index in [0.29, 0.717) is 22.6 Å². The molecule has 196 valence electrons. The highest BCUT2D eigenvalue weighted by Crippen LogP contribution is 2.27. The Morgan fingerprint density at radius 3 is 2.66 bits per heavy atom. The number of rotatable bonds is 7. The van der Waals surface area contributed by atoms with Crippen molar-refractivity contribution in [2.45, 2.75) is 44.0 Å². The summed E-state index contributed by atoms with van der Waals surface area (Å²) in [7, 11) is 3.49. The molecule has 1 amide bonds. The van der Waals surface area contributed by atoms with E-state index in [4.69, 9.17) is 11.6 Å². The molecule has 2 aromatic heterocycles. The zero-order chi connectivity index (χ0) is 26.8. The van der Waals surface area contributed by atoms with Crippen molar-refractivity contribution < 1.29 is 9.90 Å². The Morgan fingerprint density at radius 1 is 1.16 bits per heavy atom. The third-order valence-corrected chi connectivity index (χ3v) is 7.65. The van der Waals surface area contributed by atoms with Gasteiger partial charge in [0.25, 0.3) is 11.5 Å². The molecule has 0 radical (unpaired) electrons. The van der Waals surface area contributed by atoms with Gasteiger partial charge in [-0.1, -0.05) is 48.0 Å².